The van der Waals surface area contributed by atoms with E-state index < -0.39 is 12.7 Å². The maximum atomic E-state index is 13.7. The Bertz CT molecular complexity index is 699. The van der Waals surface area contributed by atoms with Crippen molar-refractivity contribution >= 4 is 18.5 Å². The fourth-order valence-electron chi connectivity index (χ4n) is 2.63. The van der Waals surface area contributed by atoms with Gasteiger partial charge in [0.05, 0.1) is 6.61 Å². The number of ketones is 1. The van der Waals surface area contributed by atoms with Crippen molar-refractivity contribution in [3.63, 3.8) is 0 Å². The highest BCUT2D eigenvalue weighted by molar-refractivity contribution is 7.67. The van der Waals surface area contributed by atoms with Gasteiger partial charge >= 0.3 is 0 Å². The lowest BCUT2D eigenvalue weighted by Gasteiger charge is -2.35. The highest BCUT2D eigenvalue weighted by Gasteiger charge is 2.51. The van der Waals surface area contributed by atoms with E-state index in [2.05, 4.69) is 0 Å². The molecule has 0 aliphatic heterocycles. The number of hydrogen-bond donors (Lipinski definition) is 1. The minimum Gasteiger partial charge on any atom is -0.374 e. The van der Waals surface area contributed by atoms with Gasteiger partial charge in [0.15, 0.2) is 5.34 Å². The van der Waals surface area contributed by atoms with Crippen molar-refractivity contribution in [3.8, 4) is 0 Å². The van der Waals surface area contributed by atoms with Crippen LogP contribution in [0.15, 0.2) is 60.7 Å². The van der Waals surface area contributed by atoms with Crippen molar-refractivity contribution in [3.05, 3.63) is 66.2 Å². The first-order valence-corrected chi connectivity index (χ1v) is 9.14. The fraction of sp³-hybridized carbons (Fsp3) is 0.278. The van der Waals surface area contributed by atoms with E-state index in [1.54, 1.807) is 67.6 Å². The highest BCUT2D eigenvalue weighted by Crippen LogP contribution is 2.63. The zero-order valence-electron chi connectivity index (χ0n) is 13.3. The molecule has 0 aliphatic carbocycles. The molecule has 0 saturated carbocycles. The van der Waals surface area contributed by atoms with Gasteiger partial charge < -0.3 is 9.63 Å². The molecule has 0 spiro atoms. The van der Waals surface area contributed by atoms with Crippen molar-refractivity contribution in [2.24, 2.45) is 0 Å². The first-order chi connectivity index (χ1) is 10.9. The Balaban J connectivity index is 2.68. The second-order valence-electron chi connectivity index (χ2n) is 5.37. The van der Waals surface area contributed by atoms with Crippen LogP contribution in [0.2, 0.25) is 0 Å². The molecule has 1 N–H and O–H groups in total. The highest BCUT2D eigenvalue weighted by atomic mass is 31.2. The second kappa shape index (κ2) is 7.22. The van der Waals surface area contributed by atoms with Crippen molar-refractivity contribution < 1.29 is 19.0 Å². The Labute approximate surface area is 136 Å². The van der Waals surface area contributed by atoms with E-state index in [9.17, 15) is 14.5 Å². The van der Waals surface area contributed by atoms with Crippen LogP contribution in [0.4, 0.5) is 0 Å². The largest absolute Gasteiger partial charge is 0.374 e. The summed E-state index contributed by atoms with van der Waals surface area (Å²) in [6.45, 7) is 3.25. The SMILES string of the molecule is CCO[P@@](=O)(c1ccccc1)[C@](O)(CC(C)=O)c1ccccc1. The van der Waals surface area contributed by atoms with E-state index in [1.165, 1.54) is 6.92 Å². The number of carbonyl (C=O) groups is 1. The Morgan fingerprint density at radius 3 is 2.09 bits per heavy atom. The molecule has 2 rings (SSSR count). The number of Topliss-reactive ketones (excluding diaryl/α,β-unsaturated/α-hetero) is 1. The maximum Gasteiger partial charge on any atom is 0.267 e. The zero-order valence-corrected chi connectivity index (χ0v) is 14.2. The monoisotopic (exact) mass is 332 g/mol. The van der Waals surface area contributed by atoms with Crippen LogP contribution in [-0.2, 0) is 19.2 Å². The summed E-state index contributed by atoms with van der Waals surface area (Å²) in [4.78, 5) is 11.8. The van der Waals surface area contributed by atoms with Gasteiger partial charge in [-0.05, 0) is 31.5 Å². The fourth-order valence-corrected chi connectivity index (χ4v) is 5.27. The van der Waals surface area contributed by atoms with E-state index in [0.717, 1.165) is 0 Å². The molecule has 0 radical (unpaired) electrons. The molecule has 0 saturated heterocycles. The average Bonchev–Trinajstić information content (AvgIpc) is 2.56. The Hall–Kier alpha value is -1.74. The van der Waals surface area contributed by atoms with Gasteiger partial charge in [0.25, 0.3) is 7.37 Å². The van der Waals surface area contributed by atoms with E-state index >= 15 is 0 Å². The summed E-state index contributed by atoms with van der Waals surface area (Å²) >= 11 is 0. The summed E-state index contributed by atoms with van der Waals surface area (Å²) in [5, 5.41) is 9.85. The molecular formula is C18H21O4P. The number of aliphatic hydroxyl groups is 1. The van der Waals surface area contributed by atoms with Gasteiger partial charge in [0.2, 0.25) is 0 Å². The Morgan fingerprint density at radius 2 is 1.61 bits per heavy atom. The zero-order chi connectivity index (χ0) is 16.9. The lowest BCUT2D eigenvalue weighted by molar-refractivity contribution is -0.120. The van der Waals surface area contributed by atoms with Crippen LogP contribution < -0.4 is 5.30 Å². The molecule has 4 nitrogen and oxygen atoms in total. The van der Waals surface area contributed by atoms with E-state index in [4.69, 9.17) is 4.52 Å². The summed E-state index contributed by atoms with van der Waals surface area (Å²) in [5.41, 5.74) is 0.413. The molecule has 2 aromatic carbocycles. The summed E-state index contributed by atoms with van der Waals surface area (Å²) in [6, 6.07) is 17.2. The van der Waals surface area contributed by atoms with Gasteiger partial charge in [-0.2, -0.15) is 0 Å². The summed E-state index contributed by atoms with van der Waals surface area (Å²) in [5.74, 6) is -0.257. The first-order valence-electron chi connectivity index (χ1n) is 7.51. The average molecular weight is 332 g/mol. The van der Waals surface area contributed by atoms with Crippen LogP contribution in [0, 0.1) is 0 Å². The van der Waals surface area contributed by atoms with Gasteiger partial charge in [-0.15, -0.1) is 0 Å². The molecule has 23 heavy (non-hydrogen) atoms. The molecule has 0 unspecified atom stereocenters. The Morgan fingerprint density at radius 1 is 1.09 bits per heavy atom. The van der Waals surface area contributed by atoms with Crippen LogP contribution in [0.5, 0.6) is 0 Å². The molecule has 0 heterocycles. The van der Waals surface area contributed by atoms with Gasteiger partial charge in [0.1, 0.15) is 5.78 Å². The van der Waals surface area contributed by atoms with Crippen LogP contribution >= 0.6 is 7.37 Å². The molecule has 122 valence electrons. The minimum atomic E-state index is -3.73. The predicted octanol–water partition coefficient (Wildman–Crippen LogP) is 3.45. The molecule has 2 atom stereocenters. The van der Waals surface area contributed by atoms with Crippen LogP contribution in [-0.4, -0.2) is 17.5 Å². The van der Waals surface area contributed by atoms with Crippen molar-refractivity contribution in [2.75, 3.05) is 6.61 Å². The maximum absolute atomic E-state index is 13.7. The predicted molar refractivity (Wildman–Crippen MR) is 90.9 cm³/mol. The van der Waals surface area contributed by atoms with Gasteiger partial charge in [-0.1, -0.05) is 48.5 Å². The second-order valence-corrected chi connectivity index (χ2v) is 7.98. The van der Waals surface area contributed by atoms with E-state index in [0.29, 0.717) is 10.9 Å². The Kier molecular flexibility index (Phi) is 5.53. The smallest absolute Gasteiger partial charge is 0.267 e. The van der Waals surface area contributed by atoms with Crippen molar-refractivity contribution in [1.29, 1.82) is 0 Å². The standard InChI is InChI=1S/C18H21O4P/c1-3-22-23(21,17-12-8-5-9-13-17)18(20,14-15(2)19)16-10-6-4-7-11-16/h4-13,20H,3,14H2,1-2H3/t18-,23+/m1/s1. The third kappa shape index (κ3) is 3.45. The topological polar surface area (TPSA) is 63.6 Å². The summed E-state index contributed by atoms with van der Waals surface area (Å²) < 4.78 is 19.3. The normalized spacial score (nSPS) is 16.3. The van der Waals surface area contributed by atoms with Gasteiger partial charge in [-0.25, -0.2) is 0 Å². The van der Waals surface area contributed by atoms with Crippen LogP contribution in [0.3, 0.4) is 0 Å². The van der Waals surface area contributed by atoms with Crippen molar-refractivity contribution in [1.82, 2.24) is 0 Å². The molecule has 2 aromatic rings. The van der Waals surface area contributed by atoms with Crippen molar-refractivity contribution in [2.45, 2.75) is 25.6 Å². The molecule has 0 amide bonds. The molecule has 0 fully saturated rings. The third-order valence-electron chi connectivity index (χ3n) is 3.63. The molecule has 5 heteroatoms. The number of carbonyl (C=O) groups excluding carboxylic acids is 1. The van der Waals surface area contributed by atoms with Crippen LogP contribution in [0.25, 0.3) is 0 Å². The lowest BCUT2D eigenvalue weighted by Crippen LogP contribution is -2.34. The van der Waals surface area contributed by atoms with Gasteiger partial charge in [-0.3, -0.25) is 9.36 Å². The first kappa shape index (κ1) is 17.6. The number of benzene rings is 2. The third-order valence-corrected chi connectivity index (χ3v) is 6.62. The number of rotatable bonds is 7. The van der Waals surface area contributed by atoms with Gasteiger partial charge in [0, 0.05) is 11.7 Å². The van der Waals surface area contributed by atoms with E-state index in [1.807, 2.05) is 0 Å². The molecule has 0 aromatic heterocycles. The summed E-state index contributed by atoms with van der Waals surface area (Å²) in [7, 11) is -3.73. The lowest BCUT2D eigenvalue weighted by atomic mass is 10.0. The van der Waals surface area contributed by atoms with E-state index in [-0.39, 0.29) is 18.8 Å². The molecular weight excluding hydrogens is 311 g/mol. The number of hydrogen-bond acceptors (Lipinski definition) is 4. The molecule has 0 aliphatic rings. The van der Waals surface area contributed by atoms with Crippen LogP contribution in [0.1, 0.15) is 25.8 Å². The summed E-state index contributed by atoms with van der Waals surface area (Å²) in [6.07, 6.45) is -0.275. The molecule has 0 bridgehead atoms. The minimum absolute atomic E-state index is 0.166. The quantitative estimate of drug-likeness (QED) is 0.789.